The first kappa shape index (κ1) is 22.0. The quantitative estimate of drug-likeness (QED) is 0.356. The smallest absolute Gasteiger partial charge is 0.135 e. The Hall–Kier alpha value is -3.22. The summed E-state index contributed by atoms with van der Waals surface area (Å²) >= 11 is 0. The first-order valence-electron chi connectivity index (χ1n) is 9.86. The van der Waals surface area contributed by atoms with Crippen LogP contribution in [0, 0.1) is 17.5 Å². The van der Waals surface area contributed by atoms with Crippen LogP contribution in [0.3, 0.4) is 0 Å². The minimum Gasteiger partial charge on any atom is -0.297 e. The number of benzene rings is 4. The van der Waals surface area contributed by atoms with Crippen molar-refractivity contribution in [1.82, 2.24) is 0 Å². The van der Waals surface area contributed by atoms with E-state index in [-0.39, 0.29) is 4.90 Å². The van der Waals surface area contributed by atoms with Crippen LogP contribution < -0.4 is 0 Å². The molecule has 0 aliphatic carbocycles. The molecule has 164 valence electrons. The molecule has 0 aromatic heterocycles. The Kier molecular flexibility index (Phi) is 5.31. The van der Waals surface area contributed by atoms with Crippen LogP contribution in [0.1, 0.15) is 16.7 Å². The molecule has 4 aromatic carbocycles. The third kappa shape index (κ3) is 3.36. The van der Waals surface area contributed by atoms with Crippen molar-refractivity contribution >= 4 is 9.35 Å². The Balaban J connectivity index is 2.22. The van der Waals surface area contributed by atoms with Gasteiger partial charge in [0.1, 0.15) is 22.2 Å². The van der Waals surface area contributed by atoms with Gasteiger partial charge in [-0.2, -0.15) is 0 Å². The lowest BCUT2D eigenvalue weighted by Crippen LogP contribution is -2.54. The summed E-state index contributed by atoms with van der Waals surface area (Å²) in [5.74, 6) is -1.55. The van der Waals surface area contributed by atoms with Gasteiger partial charge in [0.15, 0.2) is 0 Å². The average molecular weight is 455 g/mol. The van der Waals surface area contributed by atoms with Gasteiger partial charge in [-0.05, 0) is 65.2 Å². The summed E-state index contributed by atoms with van der Waals surface area (Å²) in [4.78, 5) is 0.141. The highest BCUT2D eigenvalue weighted by molar-refractivity contribution is 8.15. The molecule has 0 fully saturated rings. The van der Waals surface area contributed by atoms with Crippen molar-refractivity contribution in [3.05, 3.63) is 137 Å². The standard InChI is InChI=1S/C26H21F3O2S/c1-32(30,31,25-5-3-2-4-6-25)26(19-7-13-22(27)14-8-19,20-9-15-23(28)16-10-20)21-11-17-24(29)18-12-21/h2-18H,1H3,(H,30,31). The van der Waals surface area contributed by atoms with Crippen LogP contribution in [0.5, 0.6) is 0 Å². The van der Waals surface area contributed by atoms with Crippen LogP contribution >= 0.6 is 0 Å². The molecule has 32 heavy (non-hydrogen) atoms. The van der Waals surface area contributed by atoms with Gasteiger partial charge in [-0.25, -0.2) is 17.4 Å². The normalized spacial score (nSPS) is 13.3. The molecule has 0 radical (unpaired) electrons. The lowest BCUT2D eigenvalue weighted by atomic mass is 9.84. The first-order valence-corrected chi connectivity index (χ1v) is 12.2. The van der Waals surface area contributed by atoms with E-state index in [1.807, 2.05) is 0 Å². The van der Waals surface area contributed by atoms with E-state index in [1.165, 1.54) is 79.1 Å². The Morgan fingerprint density at radius 1 is 0.594 bits per heavy atom. The molecular weight excluding hydrogens is 433 g/mol. The minimum atomic E-state index is -4.93. The van der Waals surface area contributed by atoms with Gasteiger partial charge in [-0.3, -0.25) is 4.55 Å². The molecule has 6 heteroatoms. The highest BCUT2D eigenvalue weighted by Gasteiger charge is 2.53. The molecule has 0 spiro atoms. The fraction of sp³-hybridized carbons (Fsp3) is 0.0769. The van der Waals surface area contributed by atoms with Gasteiger partial charge in [0, 0.05) is 6.26 Å². The van der Waals surface area contributed by atoms with E-state index in [1.54, 1.807) is 30.3 Å². The molecule has 0 aliphatic heterocycles. The van der Waals surface area contributed by atoms with Gasteiger partial charge in [0.2, 0.25) is 0 Å². The molecule has 4 rings (SSSR count). The van der Waals surface area contributed by atoms with Crippen LogP contribution in [0.2, 0.25) is 0 Å². The summed E-state index contributed by atoms with van der Waals surface area (Å²) in [5, 5.41) is 0. The molecule has 1 N–H and O–H groups in total. The molecule has 0 saturated carbocycles. The molecule has 0 bridgehead atoms. The third-order valence-electron chi connectivity index (χ3n) is 5.77. The maximum absolute atomic E-state index is 14.9. The second-order valence-electron chi connectivity index (χ2n) is 7.80. The van der Waals surface area contributed by atoms with E-state index < -0.39 is 31.5 Å². The van der Waals surface area contributed by atoms with Crippen molar-refractivity contribution in [3.63, 3.8) is 0 Å². The Morgan fingerprint density at radius 2 is 0.906 bits per heavy atom. The van der Waals surface area contributed by atoms with Crippen LogP contribution in [0.15, 0.2) is 108 Å². The highest BCUT2D eigenvalue weighted by atomic mass is 32.3. The molecule has 0 aliphatic rings. The minimum absolute atomic E-state index is 0.141. The van der Waals surface area contributed by atoms with Crippen molar-refractivity contribution in [2.24, 2.45) is 0 Å². The van der Waals surface area contributed by atoms with Crippen molar-refractivity contribution < 1.29 is 21.9 Å². The van der Waals surface area contributed by atoms with Gasteiger partial charge in [-0.1, -0.05) is 54.6 Å². The van der Waals surface area contributed by atoms with Crippen molar-refractivity contribution in [2.45, 2.75) is 9.64 Å². The SMILES string of the molecule is CS(=O)(O)(c1ccccc1)C(c1ccc(F)cc1)(c1ccc(F)cc1)c1ccc(F)cc1. The van der Waals surface area contributed by atoms with Crippen molar-refractivity contribution in [3.8, 4) is 0 Å². The average Bonchev–Trinajstić information content (AvgIpc) is 2.78. The zero-order valence-corrected chi connectivity index (χ0v) is 18.0. The fourth-order valence-electron chi connectivity index (χ4n) is 4.30. The first-order chi connectivity index (χ1) is 15.1. The van der Waals surface area contributed by atoms with Crippen LogP contribution in [0.4, 0.5) is 13.2 Å². The van der Waals surface area contributed by atoms with Crippen LogP contribution in [-0.2, 0) is 14.1 Å². The number of rotatable bonds is 5. The van der Waals surface area contributed by atoms with E-state index in [2.05, 4.69) is 0 Å². The molecule has 0 atom stereocenters. The van der Waals surface area contributed by atoms with Gasteiger partial charge in [0.25, 0.3) is 0 Å². The van der Waals surface area contributed by atoms with Gasteiger partial charge >= 0.3 is 0 Å². The highest BCUT2D eigenvalue weighted by Crippen LogP contribution is 2.56. The summed E-state index contributed by atoms with van der Waals surface area (Å²) in [6.45, 7) is 0. The summed E-state index contributed by atoms with van der Waals surface area (Å²) in [5.41, 5.74) is 0.925. The largest absolute Gasteiger partial charge is 0.297 e. The molecule has 0 heterocycles. The Morgan fingerprint density at radius 3 is 1.22 bits per heavy atom. The van der Waals surface area contributed by atoms with Gasteiger partial charge < -0.3 is 0 Å². The summed E-state index contributed by atoms with van der Waals surface area (Å²) in [6, 6.07) is 23.9. The molecule has 0 amide bonds. The van der Waals surface area contributed by atoms with Crippen molar-refractivity contribution in [1.29, 1.82) is 0 Å². The van der Waals surface area contributed by atoms with E-state index in [0.29, 0.717) is 16.7 Å². The number of hydrogen-bond donors (Lipinski definition) is 1. The van der Waals surface area contributed by atoms with E-state index in [0.717, 1.165) is 0 Å². The molecular formula is C26H21F3O2S. The lowest BCUT2D eigenvalue weighted by molar-refractivity contribution is 0.489. The molecule has 2 nitrogen and oxygen atoms in total. The van der Waals surface area contributed by atoms with Gasteiger partial charge in [-0.15, -0.1) is 9.35 Å². The summed E-state index contributed by atoms with van der Waals surface area (Å²) < 4.78 is 67.0. The monoisotopic (exact) mass is 454 g/mol. The zero-order chi connectivity index (χ0) is 23.0. The Labute approximate surface area is 184 Å². The molecule has 4 aromatic rings. The topological polar surface area (TPSA) is 37.3 Å². The maximum atomic E-state index is 14.9. The predicted octanol–water partition coefficient (Wildman–Crippen LogP) is 6.38. The summed E-state index contributed by atoms with van der Waals surface area (Å²) in [7, 11) is -4.93. The van der Waals surface area contributed by atoms with Crippen LogP contribution in [0.25, 0.3) is 0 Å². The lowest BCUT2D eigenvalue weighted by Gasteiger charge is -2.56. The number of hydrogen-bond acceptors (Lipinski definition) is 1. The van der Waals surface area contributed by atoms with E-state index in [4.69, 9.17) is 0 Å². The second-order valence-corrected chi connectivity index (χ2v) is 11.4. The molecule has 0 saturated heterocycles. The third-order valence-corrected chi connectivity index (χ3v) is 9.30. The Bertz CT molecular complexity index is 1180. The fourth-order valence-corrected chi connectivity index (χ4v) is 7.53. The summed E-state index contributed by atoms with van der Waals surface area (Å²) in [6.07, 6.45) is 1.24. The van der Waals surface area contributed by atoms with E-state index >= 15 is 0 Å². The van der Waals surface area contributed by atoms with Gasteiger partial charge in [0.05, 0.1) is 4.90 Å². The van der Waals surface area contributed by atoms with Crippen LogP contribution in [-0.4, -0.2) is 15.0 Å². The maximum Gasteiger partial charge on any atom is 0.135 e. The predicted molar refractivity (Wildman–Crippen MR) is 120 cm³/mol. The van der Waals surface area contributed by atoms with E-state index in [9.17, 15) is 21.9 Å². The zero-order valence-electron chi connectivity index (χ0n) is 17.2. The molecule has 0 unspecified atom stereocenters. The second kappa shape index (κ2) is 7.73. The van der Waals surface area contributed by atoms with Crippen molar-refractivity contribution in [2.75, 3.05) is 6.26 Å². The number of halogens is 3.